The van der Waals surface area contributed by atoms with E-state index in [2.05, 4.69) is 48.6 Å². The third kappa shape index (κ3) is 4.83. The van der Waals surface area contributed by atoms with Crippen molar-refractivity contribution < 1.29 is 0 Å². The molecule has 29 heavy (non-hydrogen) atoms. The number of H-pyrrole nitrogens is 1. The van der Waals surface area contributed by atoms with Crippen molar-refractivity contribution in [2.24, 2.45) is 0 Å². The van der Waals surface area contributed by atoms with Crippen LogP contribution >= 0.6 is 0 Å². The van der Waals surface area contributed by atoms with Crippen molar-refractivity contribution in [3.63, 3.8) is 0 Å². The zero-order valence-electron chi connectivity index (χ0n) is 16.2. The number of benzene rings is 1. The summed E-state index contributed by atoms with van der Waals surface area (Å²) in [5, 5.41) is 0. The summed E-state index contributed by atoms with van der Waals surface area (Å²) in [5.74, 6) is 0.560. The van der Waals surface area contributed by atoms with E-state index in [1.807, 2.05) is 36.8 Å². The molecule has 0 bridgehead atoms. The first-order valence-electron chi connectivity index (χ1n) is 9.43. The number of nitrogens with zero attached hydrogens (tertiary/aromatic N) is 5. The monoisotopic (exact) mass is 386 g/mol. The highest BCUT2D eigenvalue weighted by Crippen LogP contribution is 2.19. The molecule has 3 aromatic heterocycles. The number of aromatic nitrogens is 5. The van der Waals surface area contributed by atoms with Gasteiger partial charge in [-0.25, -0.2) is 9.97 Å². The van der Waals surface area contributed by atoms with Gasteiger partial charge in [0.25, 0.3) is 5.56 Å². The van der Waals surface area contributed by atoms with Gasteiger partial charge < -0.3 is 14.5 Å². The van der Waals surface area contributed by atoms with Crippen LogP contribution in [0, 0.1) is 0 Å². The lowest BCUT2D eigenvalue weighted by atomic mass is 10.1. The van der Waals surface area contributed by atoms with Gasteiger partial charge in [-0.2, -0.15) is 0 Å². The first-order valence-corrected chi connectivity index (χ1v) is 9.43. The van der Waals surface area contributed by atoms with Gasteiger partial charge in [-0.05, 0) is 24.7 Å². The normalized spacial score (nSPS) is 11.1. The quantitative estimate of drug-likeness (QED) is 0.528. The molecule has 4 aromatic rings. The molecule has 4 rings (SSSR count). The van der Waals surface area contributed by atoms with Gasteiger partial charge in [0, 0.05) is 61.6 Å². The second-order valence-corrected chi connectivity index (χ2v) is 6.95. The molecule has 1 N–H and O–H groups in total. The predicted octanol–water partition coefficient (Wildman–Crippen LogP) is 2.83. The summed E-state index contributed by atoms with van der Waals surface area (Å²) < 4.78 is 2.07. The van der Waals surface area contributed by atoms with Crippen molar-refractivity contribution in [2.45, 2.75) is 13.1 Å². The van der Waals surface area contributed by atoms with Crippen molar-refractivity contribution in [1.82, 2.24) is 29.4 Å². The van der Waals surface area contributed by atoms with E-state index in [9.17, 15) is 4.79 Å². The Bertz CT molecular complexity index is 1100. The van der Waals surface area contributed by atoms with Gasteiger partial charge in [-0.3, -0.25) is 9.78 Å². The van der Waals surface area contributed by atoms with Crippen LogP contribution in [0.5, 0.6) is 0 Å². The number of aromatic amines is 1. The Hall–Kier alpha value is -3.58. The van der Waals surface area contributed by atoms with Crippen molar-refractivity contribution in [1.29, 1.82) is 0 Å². The first-order chi connectivity index (χ1) is 14.2. The Balaban J connectivity index is 1.46. The Morgan fingerprint density at radius 3 is 2.52 bits per heavy atom. The Labute approximate surface area is 168 Å². The van der Waals surface area contributed by atoms with E-state index in [1.165, 1.54) is 11.6 Å². The van der Waals surface area contributed by atoms with E-state index in [4.69, 9.17) is 0 Å². The molecule has 0 aliphatic rings. The number of hydrogen-bond donors (Lipinski definition) is 1. The number of hydrogen-bond acceptors (Lipinski definition) is 5. The van der Waals surface area contributed by atoms with Gasteiger partial charge in [0.1, 0.15) is 5.82 Å². The molecule has 0 aliphatic heterocycles. The van der Waals surface area contributed by atoms with Crippen LogP contribution in [-0.4, -0.2) is 43.0 Å². The van der Waals surface area contributed by atoms with Gasteiger partial charge in [0.2, 0.25) is 0 Å². The summed E-state index contributed by atoms with van der Waals surface area (Å²) in [6, 6.07) is 13.3. The highest BCUT2D eigenvalue weighted by Gasteiger charge is 2.07. The maximum Gasteiger partial charge on any atom is 0.251 e. The van der Waals surface area contributed by atoms with E-state index >= 15 is 0 Å². The number of imidazole rings is 1. The number of pyridine rings is 1. The highest BCUT2D eigenvalue weighted by molar-refractivity contribution is 5.63. The molecule has 0 fully saturated rings. The molecule has 3 heterocycles. The second-order valence-electron chi connectivity index (χ2n) is 6.95. The van der Waals surface area contributed by atoms with E-state index in [1.54, 1.807) is 18.6 Å². The van der Waals surface area contributed by atoms with Gasteiger partial charge in [-0.1, -0.05) is 24.3 Å². The third-order valence-corrected chi connectivity index (χ3v) is 4.70. The zero-order valence-corrected chi connectivity index (χ0v) is 16.2. The molecule has 7 nitrogen and oxygen atoms in total. The molecule has 0 radical (unpaired) electrons. The lowest BCUT2D eigenvalue weighted by molar-refractivity contribution is 0.311. The van der Waals surface area contributed by atoms with Crippen LogP contribution in [0.1, 0.15) is 5.56 Å². The molecule has 0 amide bonds. The number of nitrogens with one attached hydrogen (secondary N) is 1. The summed E-state index contributed by atoms with van der Waals surface area (Å²) in [5.41, 5.74) is 3.40. The van der Waals surface area contributed by atoms with Gasteiger partial charge >= 0.3 is 0 Å². The molecular weight excluding hydrogens is 364 g/mol. The summed E-state index contributed by atoms with van der Waals surface area (Å²) in [7, 11) is 2.10. The minimum absolute atomic E-state index is 0.176. The number of likely N-dealkylation sites (N-methyl/N-ethyl adjacent to an activating group) is 1. The maximum atomic E-state index is 12.1. The molecule has 0 aliphatic carbocycles. The van der Waals surface area contributed by atoms with Crippen molar-refractivity contribution in [2.75, 3.05) is 13.6 Å². The Kier molecular flexibility index (Phi) is 5.58. The smallest absolute Gasteiger partial charge is 0.251 e. The average Bonchev–Trinajstić information content (AvgIpc) is 3.27. The number of rotatable bonds is 7. The second kappa shape index (κ2) is 8.62. The molecule has 0 unspecified atom stereocenters. The van der Waals surface area contributed by atoms with Crippen LogP contribution in [0.25, 0.3) is 22.6 Å². The van der Waals surface area contributed by atoms with E-state index in [0.29, 0.717) is 11.5 Å². The van der Waals surface area contributed by atoms with Crippen LogP contribution in [0.2, 0.25) is 0 Å². The fraction of sp³-hybridized carbons (Fsp3) is 0.182. The molecule has 146 valence electrons. The topological polar surface area (TPSA) is 79.7 Å². The van der Waals surface area contributed by atoms with E-state index in [-0.39, 0.29) is 5.56 Å². The summed E-state index contributed by atoms with van der Waals surface area (Å²) in [6.45, 7) is 2.68. The maximum absolute atomic E-state index is 12.1. The first kappa shape index (κ1) is 18.8. The minimum Gasteiger partial charge on any atom is -0.336 e. The summed E-state index contributed by atoms with van der Waals surface area (Å²) in [4.78, 5) is 29.9. The highest BCUT2D eigenvalue weighted by atomic mass is 16.1. The van der Waals surface area contributed by atoms with Crippen LogP contribution < -0.4 is 5.56 Å². The predicted molar refractivity (Wildman–Crippen MR) is 112 cm³/mol. The van der Waals surface area contributed by atoms with Crippen molar-refractivity contribution >= 4 is 0 Å². The van der Waals surface area contributed by atoms with Gasteiger partial charge in [0.15, 0.2) is 0 Å². The molecular formula is C22H22N6O. The summed E-state index contributed by atoms with van der Waals surface area (Å²) >= 11 is 0. The average molecular weight is 386 g/mol. The minimum atomic E-state index is -0.176. The van der Waals surface area contributed by atoms with Gasteiger partial charge in [-0.15, -0.1) is 0 Å². The largest absolute Gasteiger partial charge is 0.336 e. The Morgan fingerprint density at radius 2 is 1.79 bits per heavy atom. The van der Waals surface area contributed by atoms with Crippen molar-refractivity contribution in [3.8, 4) is 22.6 Å². The fourth-order valence-electron chi connectivity index (χ4n) is 3.13. The van der Waals surface area contributed by atoms with E-state index in [0.717, 1.165) is 30.8 Å². The molecule has 1 aromatic carbocycles. The van der Waals surface area contributed by atoms with Gasteiger partial charge in [0.05, 0.1) is 12.0 Å². The lowest BCUT2D eigenvalue weighted by Gasteiger charge is -2.17. The SMILES string of the molecule is CN(CCn1ccnc1)Cc1ccc(-c2nc(-c3ccncc3)cc(=O)[nH]2)cc1. The van der Waals surface area contributed by atoms with Crippen LogP contribution in [-0.2, 0) is 13.1 Å². The molecule has 0 atom stereocenters. The summed E-state index contributed by atoms with van der Waals surface area (Å²) in [6.07, 6.45) is 8.97. The third-order valence-electron chi connectivity index (χ3n) is 4.70. The van der Waals surface area contributed by atoms with Crippen LogP contribution in [0.3, 0.4) is 0 Å². The molecule has 7 heteroatoms. The standard InChI is InChI=1S/C22H22N6O/c1-27(12-13-28-11-10-24-16-28)15-17-2-4-19(5-3-17)22-25-20(14-21(29)26-22)18-6-8-23-9-7-18/h2-11,14,16H,12-13,15H2,1H3,(H,25,26,29). The molecule has 0 saturated heterocycles. The zero-order chi connectivity index (χ0) is 20.1. The van der Waals surface area contributed by atoms with Crippen LogP contribution in [0.4, 0.5) is 0 Å². The van der Waals surface area contributed by atoms with E-state index < -0.39 is 0 Å². The lowest BCUT2D eigenvalue weighted by Crippen LogP contribution is -2.22. The van der Waals surface area contributed by atoms with Crippen molar-refractivity contribution in [3.05, 3.63) is 89.5 Å². The Morgan fingerprint density at radius 1 is 1.00 bits per heavy atom. The molecule has 0 spiro atoms. The fourth-order valence-corrected chi connectivity index (χ4v) is 3.13. The molecule has 0 saturated carbocycles. The van der Waals surface area contributed by atoms with Crippen LogP contribution in [0.15, 0.2) is 78.4 Å².